The topological polar surface area (TPSA) is 117 Å². The summed E-state index contributed by atoms with van der Waals surface area (Å²) in [5.74, 6) is -1.09. The Balaban J connectivity index is 1.62. The van der Waals surface area contributed by atoms with Gasteiger partial charge in [-0.2, -0.15) is 0 Å². The van der Waals surface area contributed by atoms with Gasteiger partial charge in [-0.15, -0.1) is 0 Å². The van der Waals surface area contributed by atoms with E-state index in [1.54, 1.807) is 12.3 Å². The fourth-order valence-electron chi connectivity index (χ4n) is 3.47. The van der Waals surface area contributed by atoms with Gasteiger partial charge in [0, 0.05) is 25.5 Å². The largest absolute Gasteiger partial charge is 0.397 e. The predicted molar refractivity (Wildman–Crippen MR) is 111 cm³/mol. The van der Waals surface area contributed by atoms with E-state index in [-0.39, 0.29) is 22.8 Å². The van der Waals surface area contributed by atoms with E-state index in [1.165, 1.54) is 36.7 Å². The second-order valence-corrected chi connectivity index (χ2v) is 7.06. The van der Waals surface area contributed by atoms with Gasteiger partial charge in [-0.05, 0) is 43.2 Å². The number of carbonyl (C=O) groups is 1. The van der Waals surface area contributed by atoms with E-state index in [0.717, 1.165) is 25.1 Å². The highest BCUT2D eigenvalue weighted by atomic mass is 19.1. The van der Waals surface area contributed by atoms with Gasteiger partial charge in [0.2, 0.25) is 0 Å². The third-order valence-corrected chi connectivity index (χ3v) is 4.93. The molecule has 1 aliphatic rings. The molecule has 1 unspecified atom stereocenters. The quantitative estimate of drug-likeness (QED) is 0.607. The second kappa shape index (κ2) is 8.42. The number of nitrogens with two attached hydrogens (primary N) is 1. The lowest BCUT2D eigenvalue weighted by molar-refractivity contribution is 0.102. The van der Waals surface area contributed by atoms with Gasteiger partial charge in [-0.1, -0.05) is 0 Å². The van der Waals surface area contributed by atoms with Gasteiger partial charge in [0.1, 0.15) is 5.69 Å². The summed E-state index contributed by atoms with van der Waals surface area (Å²) >= 11 is 0. The Hall–Kier alpha value is -3.59. The minimum Gasteiger partial charge on any atom is -0.397 e. The zero-order valence-corrected chi connectivity index (χ0v) is 16.1. The summed E-state index contributed by atoms with van der Waals surface area (Å²) in [6.07, 6.45) is 5.79. The fraction of sp³-hybridized carbons (Fsp3) is 0.238. The molecule has 0 aliphatic carbocycles. The maximum Gasteiger partial charge on any atom is 0.276 e. The third-order valence-electron chi connectivity index (χ3n) is 4.93. The molecular formula is C21H21FN6O2. The number of nitrogens with zero attached hydrogens (tertiary/aromatic N) is 4. The van der Waals surface area contributed by atoms with Crippen molar-refractivity contribution in [3.63, 3.8) is 0 Å². The van der Waals surface area contributed by atoms with Crippen molar-refractivity contribution < 1.29 is 14.3 Å². The standard InChI is InChI=1S/C21H21FN6O2/c22-14-4-1-8-25-19(14)16-6-5-15(23)20(26-16)21(30)27-17-11-24-9-7-18(17)28-10-2-3-13(29)12-28/h1,4-9,11,13,29H,2-3,10,12,23H2,(H,27,30). The normalized spacial score (nSPS) is 16.3. The number of piperidine rings is 1. The van der Waals surface area contributed by atoms with E-state index in [9.17, 15) is 14.3 Å². The van der Waals surface area contributed by atoms with Crippen molar-refractivity contribution in [1.29, 1.82) is 0 Å². The minimum atomic E-state index is -0.544. The van der Waals surface area contributed by atoms with Crippen LogP contribution in [-0.4, -0.2) is 45.2 Å². The number of aliphatic hydroxyl groups is 1. The summed E-state index contributed by atoms with van der Waals surface area (Å²) in [6, 6.07) is 7.54. The van der Waals surface area contributed by atoms with E-state index in [1.807, 2.05) is 4.90 Å². The summed E-state index contributed by atoms with van der Waals surface area (Å²) in [5, 5.41) is 12.8. The third kappa shape index (κ3) is 4.06. The van der Waals surface area contributed by atoms with E-state index >= 15 is 0 Å². The van der Waals surface area contributed by atoms with Crippen LogP contribution in [0.5, 0.6) is 0 Å². The number of amides is 1. The number of anilines is 3. The fourth-order valence-corrected chi connectivity index (χ4v) is 3.47. The van der Waals surface area contributed by atoms with Crippen LogP contribution in [0.15, 0.2) is 48.9 Å². The first-order valence-corrected chi connectivity index (χ1v) is 9.58. The van der Waals surface area contributed by atoms with Crippen molar-refractivity contribution in [2.24, 2.45) is 0 Å². The number of halogens is 1. The Labute approximate surface area is 172 Å². The second-order valence-electron chi connectivity index (χ2n) is 7.06. The molecule has 8 nitrogen and oxygen atoms in total. The molecule has 1 aliphatic heterocycles. The number of β-amino-alcohol motifs (C(OH)–C–C–N with tert-alkyl or cyclic N) is 1. The molecule has 0 aromatic carbocycles. The molecule has 3 aromatic rings. The zero-order chi connectivity index (χ0) is 21.1. The molecule has 0 bridgehead atoms. The van der Waals surface area contributed by atoms with Gasteiger partial charge in [0.15, 0.2) is 11.5 Å². The number of aromatic nitrogens is 3. The number of pyridine rings is 3. The van der Waals surface area contributed by atoms with Crippen LogP contribution in [0.2, 0.25) is 0 Å². The maximum atomic E-state index is 14.1. The lowest BCUT2D eigenvalue weighted by Gasteiger charge is -2.33. The Morgan fingerprint density at radius 1 is 1.27 bits per heavy atom. The van der Waals surface area contributed by atoms with Gasteiger partial charge >= 0.3 is 0 Å². The molecule has 1 fully saturated rings. The number of nitrogen functional groups attached to an aromatic ring is 1. The number of carbonyl (C=O) groups excluding carboxylic acids is 1. The molecule has 0 radical (unpaired) electrons. The van der Waals surface area contributed by atoms with Crippen LogP contribution in [-0.2, 0) is 0 Å². The highest BCUT2D eigenvalue weighted by molar-refractivity contribution is 6.07. The van der Waals surface area contributed by atoms with Gasteiger partial charge in [0.25, 0.3) is 5.91 Å². The summed E-state index contributed by atoms with van der Waals surface area (Å²) in [4.78, 5) is 27.3. The maximum absolute atomic E-state index is 14.1. The minimum absolute atomic E-state index is 0.0361. The van der Waals surface area contributed by atoms with Crippen molar-refractivity contribution in [3.8, 4) is 11.4 Å². The number of nitrogens with one attached hydrogen (secondary N) is 1. The first-order chi connectivity index (χ1) is 14.5. The van der Waals surface area contributed by atoms with Crippen LogP contribution < -0.4 is 16.0 Å². The lowest BCUT2D eigenvalue weighted by Crippen LogP contribution is -2.38. The van der Waals surface area contributed by atoms with Crippen LogP contribution in [0.4, 0.5) is 21.5 Å². The molecule has 1 amide bonds. The average Bonchev–Trinajstić information content (AvgIpc) is 2.75. The van der Waals surface area contributed by atoms with Crippen LogP contribution in [0.1, 0.15) is 23.3 Å². The van der Waals surface area contributed by atoms with Crippen LogP contribution in [0.3, 0.4) is 0 Å². The smallest absolute Gasteiger partial charge is 0.276 e. The van der Waals surface area contributed by atoms with Crippen LogP contribution in [0.25, 0.3) is 11.4 Å². The van der Waals surface area contributed by atoms with E-state index in [4.69, 9.17) is 5.73 Å². The van der Waals surface area contributed by atoms with Crippen molar-refractivity contribution in [2.45, 2.75) is 18.9 Å². The number of aliphatic hydroxyl groups excluding tert-OH is 1. The average molecular weight is 408 g/mol. The molecule has 1 atom stereocenters. The number of hydrogen-bond acceptors (Lipinski definition) is 7. The zero-order valence-electron chi connectivity index (χ0n) is 16.1. The Kier molecular flexibility index (Phi) is 5.53. The summed E-state index contributed by atoms with van der Waals surface area (Å²) < 4.78 is 14.1. The van der Waals surface area contributed by atoms with Crippen molar-refractivity contribution in [1.82, 2.24) is 15.0 Å². The van der Waals surface area contributed by atoms with Crippen molar-refractivity contribution in [2.75, 3.05) is 29.0 Å². The monoisotopic (exact) mass is 408 g/mol. The van der Waals surface area contributed by atoms with E-state index < -0.39 is 17.8 Å². The Morgan fingerprint density at radius 3 is 2.93 bits per heavy atom. The molecule has 1 saturated heterocycles. The van der Waals surface area contributed by atoms with Gasteiger partial charge in [-0.25, -0.2) is 9.37 Å². The van der Waals surface area contributed by atoms with Gasteiger partial charge < -0.3 is 21.1 Å². The lowest BCUT2D eigenvalue weighted by atomic mass is 10.1. The molecule has 4 rings (SSSR count). The molecule has 0 saturated carbocycles. The first-order valence-electron chi connectivity index (χ1n) is 9.58. The highest BCUT2D eigenvalue weighted by Crippen LogP contribution is 2.28. The summed E-state index contributed by atoms with van der Waals surface area (Å²) in [5.41, 5.74) is 7.56. The number of rotatable bonds is 4. The molecule has 154 valence electrons. The van der Waals surface area contributed by atoms with Crippen molar-refractivity contribution in [3.05, 3.63) is 60.4 Å². The molecular weight excluding hydrogens is 387 g/mol. The predicted octanol–water partition coefficient (Wildman–Crippen LogP) is 2.47. The van der Waals surface area contributed by atoms with Crippen LogP contribution in [0, 0.1) is 5.82 Å². The molecule has 9 heteroatoms. The molecule has 3 aromatic heterocycles. The summed E-state index contributed by atoms with van der Waals surface area (Å²) in [6.45, 7) is 1.24. The molecule has 0 spiro atoms. The summed E-state index contributed by atoms with van der Waals surface area (Å²) in [7, 11) is 0. The molecule has 4 N–H and O–H groups in total. The highest BCUT2D eigenvalue weighted by Gasteiger charge is 2.22. The Bertz CT molecular complexity index is 1080. The molecule has 30 heavy (non-hydrogen) atoms. The van der Waals surface area contributed by atoms with E-state index in [2.05, 4.69) is 20.3 Å². The van der Waals surface area contributed by atoms with Crippen LogP contribution >= 0.6 is 0 Å². The first kappa shape index (κ1) is 19.7. The van der Waals surface area contributed by atoms with Crippen molar-refractivity contribution >= 4 is 23.0 Å². The van der Waals surface area contributed by atoms with E-state index in [0.29, 0.717) is 12.2 Å². The Morgan fingerprint density at radius 2 is 2.13 bits per heavy atom. The SMILES string of the molecule is Nc1ccc(-c2ncccc2F)nc1C(=O)Nc1cnccc1N1CCCC(O)C1. The van der Waals surface area contributed by atoms with Gasteiger partial charge in [-0.3, -0.25) is 14.8 Å². The molecule has 4 heterocycles. The van der Waals surface area contributed by atoms with Gasteiger partial charge in [0.05, 0.1) is 35.1 Å². The number of hydrogen-bond donors (Lipinski definition) is 3.